The van der Waals surface area contributed by atoms with Gasteiger partial charge >= 0.3 is 5.97 Å². The van der Waals surface area contributed by atoms with E-state index in [1.54, 1.807) is 6.92 Å². The summed E-state index contributed by atoms with van der Waals surface area (Å²) in [5.74, 6) is 3.16. The molecule has 4 fully saturated rings. The van der Waals surface area contributed by atoms with Crippen LogP contribution in [-0.2, 0) is 14.3 Å². The van der Waals surface area contributed by atoms with Crippen LogP contribution in [0.25, 0.3) is 0 Å². The molecule has 0 saturated heterocycles. The normalized spacial score (nSPS) is 52.1. The Morgan fingerprint density at radius 3 is 2.44 bits per heavy atom. The van der Waals surface area contributed by atoms with Gasteiger partial charge in [-0.05, 0) is 81.0 Å². The summed E-state index contributed by atoms with van der Waals surface area (Å²) in [4.78, 5) is 23.7. The summed E-state index contributed by atoms with van der Waals surface area (Å²) in [5.41, 5.74) is 0.181. The van der Waals surface area contributed by atoms with Crippen molar-refractivity contribution in [3.05, 3.63) is 0 Å². The molecule has 0 heterocycles. The van der Waals surface area contributed by atoms with E-state index in [2.05, 4.69) is 20.8 Å². The molecule has 4 aliphatic carbocycles. The predicted molar refractivity (Wildman–Crippen MR) is 96.9 cm³/mol. The van der Waals surface area contributed by atoms with Crippen LogP contribution in [0, 0.1) is 34.5 Å². The molecule has 0 amide bonds. The minimum absolute atomic E-state index is 0.119. The number of esters is 1. The molecule has 4 saturated carbocycles. The fourth-order valence-electron chi connectivity index (χ4n) is 7.76. The first kappa shape index (κ1) is 17.5. The van der Waals surface area contributed by atoms with Crippen molar-refractivity contribution >= 4 is 11.8 Å². The Morgan fingerprint density at radius 1 is 1.00 bits per heavy atom. The summed E-state index contributed by atoms with van der Waals surface area (Å²) in [6.45, 7) is 8.62. The number of fused-ring (bicyclic) bond motifs is 5. The monoisotopic (exact) mass is 346 g/mol. The second-order valence-corrected chi connectivity index (χ2v) is 10.2. The predicted octanol–water partition coefficient (Wildman–Crippen LogP) is 4.92. The molecule has 0 N–H and O–H groups in total. The molecule has 7 atom stereocenters. The zero-order valence-corrected chi connectivity index (χ0v) is 16.4. The van der Waals surface area contributed by atoms with Crippen molar-refractivity contribution in [1.82, 2.24) is 0 Å². The zero-order chi connectivity index (χ0) is 18.0. The van der Waals surface area contributed by atoms with E-state index in [1.807, 2.05) is 0 Å². The zero-order valence-electron chi connectivity index (χ0n) is 16.4. The van der Waals surface area contributed by atoms with Gasteiger partial charge in [-0.2, -0.15) is 0 Å². The van der Waals surface area contributed by atoms with Crippen molar-refractivity contribution in [2.75, 3.05) is 0 Å². The molecule has 0 aromatic heterocycles. The average molecular weight is 347 g/mol. The van der Waals surface area contributed by atoms with Gasteiger partial charge in [0.25, 0.3) is 0 Å². The van der Waals surface area contributed by atoms with E-state index >= 15 is 0 Å². The molecule has 4 rings (SSSR count). The molecule has 0 aromatic rings. The highest BCUT2D eigenvalue weighted by atomic mass is 16.6. The Bertz CT molecular complexity index is 598. The highest BCUT2D eigenvalue weighted by molar-refractivity contribution is 5.79. The fraction of sp³-hybridized carbons (Fsp3) is 0.909. The van der Waals surface area contributed by atoms with Gasteiger partial charge in [0.2, 0.25) is 0 Å². The molecule has 140 valence electrons. The SMILES string of the molecule is CC(=O)O[C@@]1(C)CC[C@@H]2[C@H]3CC[C@@H]4CC(=O)CC[C@]4(C)[C@@H]3CC[C@]21C. The van der Waals surface area contributed by atoms with Crippen molar-refractivity contribution in [2.24, 2.45) is 34.5 Å². The highest BCUT2D eigenvalue weighted by Crippen LogP contribution is 2.68. The van der Waals surface area contributed by atoms with E-state index in [-0.39, 0.29) is 17.0 Å². The second kappa shape index (κ2) is 5.57. The molecule has 3 nitrogen and oxygen atoms in total. The first-order valence-electron chi connectivity index (χ1n) is 10.4. The number of rotatable bonds is 1. The summed E-state index contributed by atoms with van der Waals surface area (Å²) in [6.07, 6.45) is 9.83. The molecule has 0 bridgehead atoms. The van der Waals surface area contributed by atoms with Crippen molar-refractivity contribution in [1.29, 1.82) is 0 Å². The lowest BCUT2D eigenvalue weighted by Gasteiger charge is -2.61. The van der Waals surface area contributed by atoms with E-state index < -0.39 is 0 Å². The van der Waals surface area contributed by atoms with Crippen LogP contribution in [-0.4, -0.2) is 17.4 Å². The van der Waals surface area contributed by atoms with E-state index in [0.717, 1.165) is 37.5 Å². The number of Topliss-reactive ketones (excluding diaryl/α,β-unsaturated/α-hetero) is 1. The van der Waals surface area contributed by atoms with Crippen LogP contribution in [0.5, 0.6) is 0 Å². The van der Waals surface area contributed by atoms with Crippen LogP contribution in [0.15, 0.2) is 0 Å². The van der Waals surface area contributed by atoms with E-state index in [9.17, 15) is 9.59 Å². The van der Waals surface area contributed by atoms with Crippen molar-refractivity contribution in [3.8, 4) is 0 Å². The van der Waals surface area contributed by atoms with E-state index in [0.29, 0.717) is 23.0 Å². The lowest BCUT2D eigenvalue weighted by Crippen LogP contribution is -2.56. The maximum absolute atomic E-state index is 12.0. The van der Waals surface area contributed by atoms with Gasteiger partial charge in [-0.25, -0.2) is 0 Å². The molecule has 0 unspecified atom stereocenters. The second-order valence-electron chi connectivity index (χ2n) is 10.2. The van der Waals surface area contributed by atoms with Crippen LogP contribution in [0.3, 0.4) is 0 Å². The molecule has 25 heavy (non-hydrogen) atoms. The fourth-order valence-corrected chi connectivity index (χ4v) is 7.76. The van der Waals surface area contributed by atoms with Crippen LogP contribution >= 0.6 is 0 Å². The topological polar surface area (TPSA) is 43.4 Å². The standard InChI is InChI=1S/C22H34O3/c1-14(23)25-22(4)12-9-19-17-6-5-15-13-16(24)7-10-20(15,2)18(17)8-11-21(19,22)3/h15,17-19H,5-13H2,1-4H3/t15-,17+,18-,19-,20+,21-,22+/m1/s1. The number of carbonyl (C=O) groups excluding carboxylic acids is 2. The van der Waals surface area contributed by atoms with E-state index in [4.69, 9.17) is 4.74 Å². The first-order valence-corrected chi connectivity index (χ1v) is 10.4. The third-order valence-corrected chi connectivity index (χ3v) is 9.38. The molecular weight excluding hydrogens is 312 g/mol. The van der Waals surface area contributed by atoms with Crippen molar-refractivity contribution < 1.29 is 14.3 Å². The van der Waals surface area contributed by atoms with Gasteiger partial charge in [0.1, 0.15) is 11.4 Å². The van der Waals surface area contributed by atoms with Gasteiger partial charge in [0.15, 0.2) is 0 Å². The van der Waals surface area contributed by atoms with E-state index in [1.165, 1.54) is 32.1 Å². The Labute approximate surface area is 152 Å². The van der Waals surface area contributed by atoms with Gasteiger partial charge in [-0.15, -0.1) is 0 Å². The largest absolute Gasteiger partial charge is 0.459 e. The van der Waals surface area contributed by atoms with Crippen LogP contribution in [0.2, 0.25) is 0 Å². The molecule has 0 spiro atoms. The number of ether oxygens (including phenoxy) is 1. The average Bonchev–Trinajstić information content (AvgIpc) is 2.79. The highest BCUT2D eigenvalue weighted by Gasteiger charge is 2.64. The number of hydrogen-bond acceptors (Lipinski definition) is 3. The molecule has 3 heteroatoms. The third kappa shape index (κ3) is 2.36. The summed E-state index contributed by atoms with van der Waals surface area (Å²) in [5, 5.41) is 0. The molecule has 0 radical (unpaired) electrons. The first-order chi connectivity index (χ1) is 11.7. The maximum atomic E-state index is 12.0. The quantitative estimate of drug-likeness (QED) is 0.633. The number of carbonyl (C=O) groups is 2. The Kier molecular flexibility index (Phi) is 3.91. The van der Waals surface area contributed by atoms with Crippen LogP contribution < -0.4 is 0 Å². The Balaban J connectivity index is 1.62. The Hall–Kier alpha value is -0.860. The molecule has 0 aromatic carbocycles. The lowest BCUT2D eigenvalue weighted by atomic mass is 9.44. The third-order valence-electron chi connectivity index (χ3n) is 9.38. The van der Waals surface area contributed by atoms with Crippen LogP contribution in [0.1, 0.15) is 85.5 Å². The minimum Gasteiger partial charge on any atom is -0.459 e. The summed E-state index contributed by atoms with van der Waals surface area (Å²) in [6, 6.07) is 0. The van der Waals surface area contributed by atoms with Gasteiger partial charge < -0.3 is 4.74 Å². The molecule has 0 aliphatic heterocycles. The van der Waals surface area contributed by atoms with Crippen molar-refractivity contribution in [3.63, 3.8) is 0 Å². The van der Waals surface area contributed by atoms with Gasteiger partial charge in [0.05, 0.1) is 0 Å². The number of ketones is 1. The maximum Gasteiger partial charge on any atom is 0.303 e. The van der Waals surface area contributed by atoms with Gasteiger partial charge in [-0.1, -0.05) is 13.8 Å². The van der Waals surface area contributed by atoms with Gasteiger partial charge in [-0.3, -0.25) is 9.59 Å². The lowest BCUT2D eigenvalue weighted by molar-refractivity contribution is -0.183. The number of hydrogen-bond donors (Lipinski definition) is 0. The smallest absolute Gasteiger partial charge is 0.303 e. The summed E-state index contributed by atoms with van der Waals surface area (Å²) < 4.78 is 5.91. The van der Waals surface area contributed by atoms with Crippen LogP contribution in [0.4, 0.5) is 0 Å². The Morgan fingerprint density at radius 2 is 1.72 bits per heavy atom. The van der Waals surface area contributed by atoms with Crippen molar-refractivity contribution in [2.45, 2.75) is 91.1 Å². The molecular formula is C22H34O3. The van der Waals surface area contributed by atoms with Gasteiger partial charge in [0, 0.05) is 25.2 Å². The summed E-state index contributed by atoms with van der Waals surface area (Å²) in [7, 11) is 0. The minimum atomic E-state index is -0.297. The molecule has 4 aliphatic rings. The summed E-state index contributed by atoms with van der Waals surface area (Å²) >= 11 is 0.